The van der Waals surface area contributed by atoms with Crippen molar-refractivity contribution in [1.29, 1.82) is 0 Å². The zero-order valence-corrected chi connectivity index (χ0v) is 40.3. The molecule has 354 valence electrons. The molecule has 0 aromatic rings. The molecule has 61 heavy (non-hydrogen) atoms. The first-order chi connectivity index (χ1) is 30.0. The summed E-state index contributed by atoms with van der Waals surface area (Å²) in [5.41, 5.74) is 0. The minimum Gasteiger partial charge on any atom is -0.462 e. The van der Waals surface area contributed by atoms with E-state index in [4.69, 9.17) is 4.74 Å². The number of esters is 1. The number of aliphatic hydroxyl groups is 2. The van der Waals surface area contributed by atoms with Crippen LogP contribution in [-0.2, 0) is 14.3 Å². The Bertz CT molecular complexity index is 1090. The van der Waals surface area contributed by atoms with Gasteiger partial charge in [0.15, 0.2) is 0 Å². The summed E-state index contributed by atoms with van der Waals surface area (Å²) in [4.78, 5) is 26.1. The van der Waals surface area contributed by atoms with Crippen LogP contribution in [0, 0.1) is 0 Å². The Morgan fingerprint density at radius 2 is 0.885 bits per heavy atom. The molecule has 0 saturated heterocycles. The first-order valence-electron chi connectivity index (χ1n) is 26.1. The first-order valence-corrected chi connectivity index (χ1v) is 26.1. The number of carbonyl (C=O) groups excluding carboxylic acids is 2. The van der Waals surface area contributed by atoms with Crippen LogP contribution in [0.2, 0.25) is 0 Å². The molecule has 6 heteroatoms. The molecule has 3 atom stereocenters. The van der Waals surface area contributed by atoms with Crippen LogP contribution < -0.4 is 5.32 Å². The fourth-order valence-corrected chi connectivity index (χ4v) is 7.81. The zero-order valence-electron chi connectivity index (χ0n) is 40.3. The molecular weight excluding hydrogens is 755 g/mol. The molecule has 3 unspecified atom stereocenters. The van der Waals surface area contributed by atoms with E-state index >= 15 is 0 Å². The molecule has 0 aliphatic rings. The molecule has 0 radical (unpaired) electrons. The molecule has 0 aromatic heterocycles. The summed E-state index contributed by atoms with van der Waals surface area (Å²) in [5.74, 6) is -0.540. The third-order valence-corrected chi connectivity index (χ3v) is 11.7. The summed E-state index contributed by atoms with van der Waals surface area (Å²) in [6.45, 7) is 6.32. The Labute approximate surface area is 378 Å². The highest BCUT2D eigenvalue weighted by molar-refractivity contribution is 5.77. The van der Waals surface area contributed by atoms with Gasteiger partial charge in [0.2, 0.25) is 5.91 Å². The molecule has 3 N–H and O–H groups in total. The molecule has 0 spiro atoms. The molecule has 0 bridgehead atoms. The fraction of sp³-hybridized carbons (Fsp3) is 0.782. The van der Waals surface area contributed by atoms with Gasteiger partial charge in [-0.1, -0.05) is 261 Å². The number of hydrogen-bond donors (Lipinski definition) is 3. The lowest BCUT2D eigenvalue weighted by molar-refractivity contribution is -0.151. The van der Waals surface area contributed by atoms with Gasteiger partial charge in [-0.3, -0.25) is 9.59 Å². The maximum Gasteiger partial charge on any atom is 0.306 e. The maximum atomic E-state index is 13.2. The molecule has 0 aromatic carbocycles. The van der Waals surface area contributed by atoms with Crippen LogP contribution in [0.4, 0.5) is 0 Å². The highest BCUT2D eigenvalue weighted by Gasteiger charge is 2.24. The summed E-state index contributed by atoms with van der Waals surface area (Å²) >= 11 is 0. The van der Waals surface area contributed by atoms with E-state index in [0.717, 1.165) is 57.8 Å². The van der Waals surface area contributed by atoms with Gasteiger partial charge in [-0.25, -0.2) is 0 Å². The van der Waals surface area contributed by atoms with Crippen molar-refractivity contribution in [2.45, 2.75) is 270 Å². The van der Waals surface area contributed by atoms with Crippen molar-refractivity contribution in [3.63, 3.8) is 0 Å². The Morgan fingerprint density at radius 1 is 0.492 bits per heavy atom. The molecule has 0 saturated carbocycles. The number of ether oxygens (including phenoxy) is 1. The number of aliphatic hydroxyl groups excluding tert-OH is 2. The van der Waals surface area contributed by atoms with Gasteiger partial charge in [0.05, 0.1) is 25.2 Å². The van der Waals surface area contributed by atoms with Crippen LogP contribution in [0.1, 0.15) is 252 Å². The number of nitrogens with one attached hydrogen (secondary N) is 1. The molecule has 0 aliphatic carbocycles. The molecular formula is C55H99NO5. The molecule has 0 aliphatic heterocycles. The monoisotopic (exact) mass is 854 g/mol. The second-order valence-corrected chi connectivity index (χ2v) is 17.7. The predicted octanol–water partition coefficient (Wildman–Crippen LogP) is 15.6. The topological polar surface area (TPSA) is 95.9 Å². The average molecular weight is 854 g/mol. The average Bonchev–Trinajstić information content (AvgIpc) is 3.25. The van der Waals surface area contributed by atoms with Crippen molar-refractivity contribution in [1.82, 2.24) is 5.32 Å². The van der Waals surface area contributed by atoms with Gasteiger partial charge in [0.25, 0.3) is 0 Å². The van der Waals surface area contributed by atoms with Crippen LogP contribution in [0.3, 0.4) is 0 Å². The van der Waals surface area contributed by atoms with E-state index in [1.165, 1.54) is 148 Å². The van der Waals surface area contributed by atoms with E-state index < -0.39 is 18.2 Å². The van der Waals surface area contributed by atoms with E-state index in [0.29, 0.717) is 19.3 Å². The Hall–Kier alpha value is -2.44. The van der Waals surface area contributed by atoms with Gasteiger partial charge in [-0.15, -0.1) is 0 Å². The van der Waals surface area contributed by atoms with Crippen molar-refractivity contribution in [2.24, 2.45) is 0 Å². The number of rotatable bonds is 46. The van der Waals surface area contributed by atoms with Gasteiger partial charge in [0.1, 0.15) is 6.10 Å². The molecule has 6 nitrogen and oxygen atoms in total. The van der Waals surface area contributed by atoms with Crippen LogP contribution >= 0.6 is 0 Å². The smallest absolute Gasteiger partial charge is 0.306 e. The van der Waals surface area contributed by atoms with Crippen molar-refractivity contribution >= 4 is 11.9 Å². The number of amides is 1. The van der Waals surface area contributed by atoms with Gasteiger partial charge < -0.3 is 20.3 Å². The van der Waals surface area contributed by atoms with Crippen LogP contribution in [0.25, 0.3) is 0 Å². The number of hydrogen-bond acceptors (Lipinski definition) is 5. The van der Waals surface area contributed by atoms with Gasteiger partial charge in [0, 0.05) is 6.42 Å². The van der Waals surface area contributed by atoms with Gasteiger partial charge in [-0.2, -0.15) is 0 Å². The number of carbonyl (C=O) groups is 2. The Morgan fingerprint density at radius 3 is 1.31 bits per heavy atom. The van der Waals surface area contributed by atoms with Gasteiger partial charge >= 0.3 is 5.97 Å². The highest BCUT2D eigenvalue weighted by Crippen LogP contribution is 2.18. The van der Waals surface area contributed by atoms with Crippen molar-refractivity contribution in [2.75, 3.05) is 6.61 Å². The molecule has 0 fully saturated rings. The van der Waals surface area contributed by atoms with Crippen molar-refractivity contribution in [3.8, 4) is 0 Å². The maximum absolute atomic E-state index is 13.2. The quantitative estimate of drug-likeness (QED) is 0.0322. The lowest BCUT2D eigenvalue weighted by Crippen LogP contribution is -2.46. The minimum atomic E-state index is -0.806. The van der Waals surface area contributed by atoms with E-state index in [1.807, 2.05) is 48.6 Å². The second-order valence-electron chi connectivity index (χ2n) is 17.7. The standard InChI is InChI=1S/C55H99NO5/c1-4-7-10-13-16-19-22-24-25-26-27-28-30-33-36-39-42-45-48-55(60)61-51(46-43-40-37-34-32-29-23-20-17-14-11-8-5-2)49-54(59)56-52(50-57)53(58)47-44-41-38-35-31-21-18-15-12-9-6-3/h8,11,14,17,20,23,29,32,34,37,51-53,57-58H,4-7,9-10,12-13,15-16,18-19,21-22,24-28,30-31,33,35-36,38-50H2,1-3H3,(H,56,59)/b11-8+,17-14+,23-20-,32-29-,37-34+. The van der Waals surface area contributed by atoms with Crippen molar-refractivity contribution in [3.05, 3.63) is 60.8 Å². The number of unbranched alkanes of at least 4 members (excludes halogenated alkanes) is 28. The second kappa shape index (κ2) is 48.6. The lowest BCUT2D eigenvalue weighted by atomic mass is 10.0. The SMILES string of the molecule is CC/C=C/C=C/C=C\C=C/C=C/CCCC(CC(=O)NC(CO)C(O)CCCCCCCCCCCCC)OC(=O)CCCCCCCCCCCCCCCCCCCC. The van der Waals surface area contributed by atoms with Crippen molar-refractivity contribution < 1.29 is 24.5 Å². The van der Waals surface area contributed by atoms with Crippen LogP contribution in [0.15, 0.2) is 60.8 Å². The van der Waals surface area contributed by atoms with Crippen LogP contribution in [0.5, 0.6) is 0 Å². The Kier molecular flexibility index (Phi) is 46.6. The van der Waals surface area contributed by atoms with E-state index in [9.17, 15) is 19.8 Å². The van der Waals surface area contributed by atoms with Crippen LogP contribution in [-0.4, -0.2) is 46.9 Å². The highest BCUT2D eigenvalue weighted by atomic mass is 16.5. The number of allylic oxidation sites excluding steroid dienone is 10. The summed E-state index contributed by atoms with van der Waals surface area (Å²) in [7, 11) is 0. The predicted molar refractivity (Wildman–Crippen MR) is 264 cm³/mol. The summed E-state index contributed by atoms with van der Waals surface area (Å²) in [6, 6.07) is -0.723. The van der Waals surface area contributed by atoms with E-state index in [-0.39, 0.29) is 24.9 Å². The fourth-order valence-electron chi connectivity index (χ4n) is 7.81. The minimum absolute atomic E-state index is 0.0297. The largest absolute Gasteiger partial charge is 0.462 e. The summed E-state index contributed by atoms with van der Waals surface area (Å²) in [6.07, 6.45) is 60.1. The lowest BCUT2D eigenvalue weighted by Gasteiger charge is -2.24. The van der Waals surface area contributed by atoms with E-state index in [1.54, 1.807) is 0 Å². The first kappa shape index (κ1) is 58.6. The zero-order chi connectivity index (χ0) is 44.5. The van der Waals surface area contributed by atoms with E-state index in [2.05, 4.69) is 38.2 Å². The molecule has 1 amide bonds. The summed E-state index contributed by atoms with van der Waals surface area (Å²) in [5, 5.41) is 23.7. The third kappa shape index (κ3) is 44.0. The Balaban J connectivity index is 4.60. The normalized spacial score (nSPS) is 13.7. The molecule has 0 heterocycles. The third-order valence-electron chi connectivity index (χ3n) is 11.7. The molecule has 0 rings (SSSR count). The van der Waals surface area contributed by atoms with Gasteiger partial charge in [-0.05, 0) is 38.5 Å². The summed E-state index contributed by atoms with van der Waals surface area (Å²) < 4.78 is 5.90.